The molecule has 0 aliphatic rings. The lowest BCUT2D eigenvalue weighted by Crippen LogP contribution is -2.09. The van der Waals surface area contributed by atoms with Gasteiger partial charge in [0.25, 0.3) is 0 Å². The maximum atomic E-state index is 11.8. The quantitative estimate of drug-likeness (QED) is 0.785. The van der Waals surface area contributed by atoms with E-state index in [9.17, 15) is 4.79 Å². The van der Waals surface area contributed by atoms with Gasteiger partial charge in [-0.25, -0.2) is 9.78 Å². The summed E-state index contributed by atoms with van der Waals surface area (Å²) in [6.45, 7) is 5.45. The van der Waals surface area contributed by atoms with Crippen LogP contribution in [0.3, 0.4) is 0 Å². The van der Waals surface area contributed by atoms with Crippen LogP contribution in [0.5, 0.6) is 0 Å². The van der Waals surface area contributed by atoms with Crippen LogP contribution in [0.4, 0.5) is 0 Å². The zero-order valence-corrected chi connectivity index (χ0v) is 10.7. The third kappa shape index (κ3) is 2.55. The first-order chi connectivity index (χ1) is 8.08. The van der Waals surface area contributed by atoms with E-state index in [-0.39, 0.29) is 12.1 Å². The van der Waals surface area contributed by atoms with Crippen LogP contribution < -0.4 is 0 Å². The van der Waals surface area contributed by atoms with Crippen molar-refractivity contribution in [2.24, 2.45) is 0 Å². The van der Waals surface area contributed by atoms with E-state index in [1.807, 2.05) is 19.2 Å². The predicted molar refractivity (Wildman–Crippen MR) is 64.1 cm³/mol. The van der Waals surface area contributed by atoms with E-state index in [2.05, 4.69) is 4.98 Å². The minimum absolute atomic E-state index is 0.338. The normalized spacial score (nSPS) is 12.4. The Morgan fingerprint density at radius 1 is 1.53 bits per heavy atom. The first-order valence-corrected chi connectivity index (χ1v) is 6.13. The number of rotatable bonds is 3. The molecule has 0 aromatic carbocycles. The number of hydrogen-bond donors (Lipinski definition) is 0. The second kappa shape index (κ2) is 4.71. The van der Waals surface area contributed by atoms with E-state index in [0.29, 0.717) is 11.3 Å². The van der Waals surface area contributed by atoms with E-state index >= 15 is 0 Å². The summed E-state index contributed by atoms with van der Waals surface area (Å²) in [5, 5.41) is 2.74. The molecule has 0 aliphatic carbocycles. The Bertz CT molecular complexity index is 529. The molecule has 2 rings (SSSR count). The van der Waals surface area contributed by atoms with Crippen molar-refractivity contribution in [2.75, 3.05) is 0 Å². The molecule has 0 amide bonds. The average molecular weight is 251 g/mol. The fourth-order valence-electron chi connectivity index (χ4n) is 1.43. The SMILES string of the molecule is Cc1csc([C@@H](C)OC(=O)c2ccoc2C)n1. The molecule has 0 radical (unpaired) electrons. The molecule has 2 aromatic heterocycles. The smallest absolute Gasteiger partial charge is 0.342 e. The molecule has 2 aromatic rings. The van der Waals surface area contributed by atoms with Crippen LogP contribution in [0.2, 0.25) is 0 Å². The van der Waals surface area contributed by atoms with Crippen molar-refractivity contribution in [3.8, 4) is 0 Å². The third-order valence-electron chi connectivity index (χ3n) is 2.35. The summed E-state index contributed by atoms with van der Waals surface area (Å²) in [6.07, 6.45) is 1.14. The summed E-state index contributed by atoms with van der Waals surface area (Å²) in [4.78, 5) is 16.1. The van der Waals surface area contributed by atoms with E-state index < -0.39 is 0 Å². The highest BCUT2D eigenvalue weighted by Gasteiger charge is 2.18. The van der Waals surface area contributed by atoms with E-state index in [1.165, 1.54) is 17.6 Å². The Hall–Kier alpha value is -1.62. The number of ether oxygens (including phenoxy) is 1. The molecule has 0 N–H and O–H groups in total. The molecule has 0 saturated carbocycles. The number of nitrogens with zero attached hydrogens (tertiary/aromatic N) is 1. The van der Waals surface area contributed by atoms with Crippen LogP contribution in [0.1, 0.15) is 39.8 Å². The van der Waals surface area contributed by atoms with E-state index in [0.717, 1.165) is 10.7 Å². The molecule has 0 spiro atoms. The molecule has 0 aliphatic heterocycles. The molecule has 17 heavy (non-hydrogen) atoms. The van der Waals surface area contributed by atoms with E-state index in [4.69, 9.17) is 9.15 Å². The minimum atomic E-state index is -0.378. The molecule has 0 unspecified atom stereocenters. The van der Waals surface area contributed by atoms with Crippen molar-refractivity contribution >= 4 is 17.3 Å². The zero-order chi connectivity index (χ0) is 12.4. The summed E-state index contributed by atoms with van der Waals surface area (Å²) in [7, 11) is 0. The van der Waals surface area contributed by atoms with Crippen LogP contribution in [0.15, 0.2) is 22.1 Å². The monoisotopic (exact) mass is 251 g/mol. The Labute approximate surface area is 103 Å². The number of carbonyl (C=O) groups excluding carboxylic acids is 1. The van der Waals surface area contributed by atoms with Crippen molar-refractivity contribution < 1.29 is 13.9 Å². The van der Waals surface area contributed by atoms with Gasteiger partial charge < -0.3 is 9.15 Å². The molecular weight excluding hydrogens is 238 g/mol. The Kier molecular flexibility index (Phi) is 3.28. The molecule has 2 heterocycles. The van der Waals surface area contributed by atoms with Gasteiger partial charge in [-0.2, -0.15) is 0 Å². The summed E-state index contributed by atoms with van der Waals surface area (Å²) < 4.78 is 10.4. The average Bonchev–Trinajstić information content (AvgIpc) is 2.86. The van der Waals surface area contributed by atoms with Crippen LogP contribution in [-0.2, 0) is 4.74 Å². The molecule has 5 heteroatoms. The van der Waals surface area contributed by atoms with Gasteiger partial charge in [-0.05, 0) is 26.8 Å². The zero-order valence-electron chi connectivity index (χ0n) is 9.89. The van der Waals surface area contributed by atoms with Gasteiger partial charge in [-0.15, -0.1) is 11.3 Å². The molecule has 0 fully saturated rings. The van der Waals surface area contributed by atoms with Crippen LogP contribution in [0.25, 0.3) is 0 Å². The maximum absolute atomic E-state index is 11.8. The van der Waals surface area contributed by atoms with Crippen LogP contribution in [0, 0.1) is 13.8 Å². The van der Waals surface area contributed by atoms with Crippen molar-refractivity contribution in [3.63, 3.8) is 0 Å². The molecule has 4 nitrogen and oxygen atoms in total. The highest BCUT2D eigenvalue weighted by atomic mass is 32.1. The second-order valence-electron chi connectivity index (χ2n) is 3.77. The van der Waals surface area contributed by atoms with Crippen molar-refractivity contribution in [3.05, 3.63) is 39.7 Å². The Balaban J connectivity index is 2.07. The lowest BCUT2D eigenvalue weighted by atomic mass is 10.2. The summed E-state index contributed by atoms with van der Waals surface area (Å²) >= 11 is 1.49. The lowest BCUT2D eigenvalue weighted by Gasteiger charge is -2.09. The maximum Gasteiger partial charge on any atom is 0.342 e. The highest BCUT2D eigenvalue weighted by Crippen LogP contribution is 2.23. The van der Waals surface area contributed by atoms with Crippen LogP contribution in [-0.4, -0.2) is 11.0 Å². The molecule has 1 atom stereocenters. The molecule has 0 bridgehead atoms. The van der Waals surface area contributed by atoms with Crippen molar-refractivity contribution in [2.45, 2.75) is 26.9 Å². The molecular formula is C12H13NO3S. The van der Waals surface area contributed by atoms with Gasteiger partial charge in [0.1, 0.15) is 16.3 Å². The second-order valence-corrected chi connectivity index (χ2v) is 4.65. The predicted octanol–water partition coefficient (Wildman–Crippen LogP) is 3.27. The van der Waals surface area contributed by atoms with Gasteiger partial charge >= 0.3 is 5.97 Å². The number of aromatic nitrogens is 1. The number of hydrogen-bond acceptors (Lipinski definition) is 5. The summed E-state index contributed by atoms with van der Waals surface area (Å²) in [6, 6.07) is 1.61. The fourth-order valence-corrected chi connectivity index (χ4v) is 2.21. The highest BCUT2D eigenvalue weighted by molar-refractivity contribution is 7.09. The largest absolute Gasteiger partial charge is 0.469 e. The standard InChI is InChI=1S/C12H13NO3S/c1-7-6-17-11(13-7)9(3)16-12(14)10-4-5-15-8(10)2/h4-6,9H,1-3H3/t9-/m1/s1. The van der Waals surface area contributed by atoms with E-state index in [1.54, 1.807) is 13.0 Å². The number of furan rings is 1. The van der Waals surface area contributed by atoms with Gasteiger partial charge in [-0.1, -0.05) is 0 Å². The fraction of sp³-hybridized carbons (Fsp3) is 0.333. The van der Waals surface area contributed by atoms with Gasteiger partial charge in [-0.3, -0.25) is 0 Å². The molecule has 90 valence electrons. The number of esters is 1. The summed E-state index contributed by atoms with van der Waals surface area (Å²) in [5.74, 6) is 0.189. The first-order valence-electron chi connectivity index (χ1n) is 5.25. The van der Waals surface area contributed by atoms with Crippen molar-refractivity contribution in [1.82, 2.24) is 4.98 Å². The van der Waals surface area contributed by atoms with Crippen molar-refractivity contribution in [1.29, 1.82) is 0 Å². The minimum Gasteiger partial charge on any atom is -0.469 e. The van der Waals surface area contributed by atoms with Gasteiger partial charge in [0.05, 0.1) is 6.26 Å². The van der Waals surface area contributed by atoms with Gasteiger partial charge in [0, 0.05) is 11.1 Å². The number of aryl methyl sites for hydroxylation is 2. The van der Waals surface area contributed by atoms with Gasteiger partial charge in [0.2, 0.25) is 0 Å². The lowest BCUT2D eigenvalue weighted by molar-refractivity contribution is 0.0335. The summed E-state index contributed by atoms with van der Waals surface area (Å²) in [5.41, 5.74) is 1.40. The molecule has 0 saturated heterocycles. The third-order valence-corrected chi connectivity index (χ3v) is 3.47. The number of carbonyl (C=O) groups is 1. The number of thiazole rings is 1. The van der Waals surface area contributed by atoms with Gasteiger partial charge in [0.15, 0.2) is 6.10 Å². The van der Waals surface area contributed by atoms with Crippen LogP contribution >= 0.6 is 11.3 Å². The topological polar surface area (TPSA) is 52.3 Å². The Morgan fingerprint density at radius 3 is 2.82 bits per heavy atom. The Morgan fingerprint density at radius 2 is 2.29 bits per heavy atom. The first kappa shape index (κ1) is 11.9.